The average Bonchev–Trinajstić information content (AvgIpc) is 2.65. The number of amides is 1. The third-order valence-electron chi connectivity index (χ3n) is 3.36. The summed E-state index contributed by atoms with van der Waals surface area (Å²) in [4.78, 5) is 12.9. The Labute approximate surface area is 126 Å². The van der Waals surface area contributed by atoms with E-state index in [1.54, 1.807) is 25.3 Å². The number of para-hydroxylation sites is 2. The predicted molar refractivity (Wildman–Crippen MR) is 81.6 cm³/mol. The smallest absolute Gasteiger partial charge is 0.260 e. The van der Waals surface area contributed by atoms with Gasteiger partial charge in [0.25, 0.3) is 5.91 Å². The van der Waals surface area contributed by atoms with Gasteiger partial charge in [0.05, 0.1) is 18.0 Å². The molecule has 0 saturated heterocycles. The fourth-order valence-electron chi connectivity index (χ4n) is 2.33. The lowest BCUT2D eigenvalue weighted by Gasteiger charge is -2.19. The van der Waals surface area contributed by atoms with Crippen molar-refractivity contribution >= 4 is 23.4 Å². The second kappa shape index (κ2) is 5.77. The van der Waals surface area contributed by atoms with Gasteiger partial charge in [-0.2, -0.15) is 0 Å². The first-order valence-electron chi connectivity index (χ1n) is 6.54. The molecule has 108 valence electrons. The number of fused-ring (bicyclic) bond motifs is 1. The Morgan fingerprint density at radius 3 is 2.67 bits per heavy atom. The van der Waals surface area contributed by atoms with Crippen LogP contribution in [-0.4, -0.2) is 19.2 Å². The van der Waals surface area contributed by atoms with Gasteiger partial charge < -0.3 is 10.1 Å². The maximum absolute atomic E-state index is 14.6. The van der Waals surface area contributed by atoms with Crippen molar-refractivity contribution in [1.29, 1.82) is 0 Å². The van der Waals surface area contributed by atoms with E-state index < -0.39 is 17.3 Å². The minimum absolute atomic E-state index is 0.588. The molecule has 0 fully saturated rings. The summed E-state index contributed by atoms with van der Waals surface area (Å²) >= 11 is 1.33. The van der Waals surface area contributed by atoms with Crippen LogP contribution in [0.15, 0.2) is 53.4 Å². The molecule has 1 heterocycles. The predicted octanol–water partition coefficient (Wildman–Crippen LogP) is 3.82. The SMILES string of the molecule is COc1ccccc1[C@H]1Sc2ccccc2NC(=O)[C@@H]1F. The fourth-order valence-corrected chi connectivity index (χ4v) is 3.57. The van der Waals surface area contributed by atoms with Gasteiger partial charge in [-0.25, -0.2) is 4.39 Å². The van der Waals surface area contributed by atoms with E-state index in [9.17, 15) is 9.18 Å². The standard InChI is InChI=1S/C16H14FNO2S/c1-20-12-8-4-2-6-10(12)15-14(17)16(19)18-11-7-3-5-9-13(11)21-15/h2-9,14-15H,1H3,(H,18,19)/t14-,15-/m1/s1. The fraction of sp³-hybridized carbons (Fsp3) is 0.188. The molecule has 1 aliphatic rings. The summed E-state index contributed by atoms with van der Waals surface area (Å²) in [5.41, 5.74) is 1.33. The Morgan fingerprint density at radius 1 is 1.14 bits per heavy atom. The highest BCUT2D eigenvalue weighted by Crippen LogP contribution is 2.46. The van der Waals surface area contributed by atoms with Crippen LogP contribution < -0.4 is 10.1 Å². The van der Waals surface area contributed by atoms with E-state index in [4.69, 9.17) is 4.74 Å². The Kier molecular flexibility index (Phi) is 3.84. The number of rotatable bonds is 2. The third-order valence-corrected chi connectivity index (χ3v) is 4.72. The second-order valence-electron chi connectivity index (χ2n) is 4.67. The first-order chi connectivity index (χ1) is 10.2. The van der Waals surface area contributed by atoms with Gasteiger partial charge in [-0.05, 0) is 18.2 Å². The molecule has 1 N–H and O–H groups in total. The number of benzene rings is 2. The lowest BCUT2D eigenvalue weighted by atomic mass is 10.1. The van der Waals surface area contributed by atoms with Crippen LogP contribution in [0.25, 0.3) is 0 Å². The number of nitrogens with one attached hydrogen (secondary N) is 1. The molecule has 21 heavy (non-hydrogen) atoms. The maximum atomic E-state index is 14.6. The summed E-state index contributed by atoms with van der Waals surface area (Å²) in [5.74, 6) is -0.0341. The number of carbonyl (C=O) groups excluding carboxylic acids is 1. The van der Waals surface area contributed by atoms with Crippen LogP contribution >= 0.6 is 11.8 Å². The normalized spacial score (nSPS) is 21.1. The molecule has 3 nitrogen and oxygen atoms in total. The molecule has 0 radical (unpaired) electrons. The minimum atomic E-state index is -1.64. The van der Waals surface area contributed by atoms with Crippen molar-refractivity contribution in [3.8, 4) is 5.75 Å². The van der Waals surface area contributed by atoms with Gasteiger partial charge in [0.1, 0.15) is 5.75 Å². The van der Waals surface area contributed by atoms with Crippen LogP contribution in [-0.2, 0) is 4.79 Å². The van der Waals surface area contributed by atoms with E-state index in [-0.39, 0.29) is 0 Å². The summed E-state index contributed by atoms with van der Waals surface area (Å²) in [6.07, 6.45) is -1.64. The summed E-state index contributed by atoms with van der Waals surface area (Å²) < 4.78 is 19.9. The van der Waals surface area contributed by atoms with Crippen molar-refractivity contribution in [1.82, 2.24) is 0 Å². The number of ether oxygens (including phenoxy) is 1. The molecule has 0 aromatic heterocycles. The van der Waals surface area contributed by atoms with E-state index in [0.717, 1.165) is 4.90 Å². The van der Waals surface area contributed by atoms with Gasteiger partial charge in [0.15, 0.2) is 6.17 Å². The highest BCUT2D eigenvalue weighted by molar-refractivity contribution is 7.99. The van der Waals surface area contributed by atoms with E-state index >= 15 is 0 Å². The van der Waals surface area contributed by atoms with Crippen molar-refractivity contribution in [2.24, 2.45) is 0 Å². The van der Waals surface area contributed by atoms with E-state index in [1.165, 1.54) is 11.8 Å². The monoisotopic (exact) mass is 303 g/mol. The van der Waals surface area contributed by atoms with Crippen LogP contribution in [0.3, 0.4) is 0 Å². The average molecular weight is 303 g/mol. The zero-order valence-electron chi connectivity index (χ0n) is 11.4. The molecule has 2 aromatic carbocycles. The van der Waals surface area contributed by atoms with E-state index in [2.05, 4.69) is 5.32 Å². The first kappa shape index (κ1) is 13.9. The molecule has 3 rings (SSSR count). The lowest BCUT2D eigenvalue weighted by molar-refractivity contribution is -0.120. The van der Waals surface area contributed by atoms with Crippen molar-refractivity contribution < 1.29 is 13.9 Å². The molecular formula is C16H14FNO2S. The number of thioether (sulfide) groups is 1. The molecule has 0 unspecified atom stereocenters. The van der Waals surface area contributed by atoms with Crippen LogP contribution in [0.5, 0.6) is 5.75 Å². The molecule has 2 atom stereocenters. The topological polar surface area (TPSA) is 38.3 Å². The number of hydrogen-bond acceptors (Lipinski definition) is 3. The summed E-state index contributed by atoms with van der Waals surface area (Å²) in [6.45, 7) is 0. The van der Waals surface area contributed by atoms with Crippen LogP contribution in [0.1, 0.15) is 10.8 Å². The lowest BCUT2D eigenvalue weighted by Crippen LogP contribution is -2.26. The largest absolute Gasteiger partial charge is 0.496 e. The van der Waals surface area contributed by atoms with Gasteiger partial charge in [0, 0.05) is 10.5 Å². The molecule has 2 aromatic rings. The first-order valence-corrected chi connectivity index (χ1v) is 7.42. The molecule has 0 aliphatic carbocycles. The molecule has 1 aliphatic heterocycles. The Bertz CT molecular complexity index is 677. The zero-order valence-corrected chi connectivity index (χ0v) is 12.2. The van der Waals surface area contributed by atoms with Crippen LogP contribution in [0.4, 0.5) is 10.1 Å². The minimum Gasteiger partial charge on any atom is -0.496 e. The Balaban J connectivity index is 2.07. The molecular weight excluding hydrogens is 289 g/mol. The second-order valence-corrected chi connectivity index (χ2v) is 5.85. The molecule has 0 bridgehead atoms. The van der Waals surface area contributed by atoms with Gasteiger partial charge in [-0.1, -0.05) is 30.3 Å². The van der Waals surface area contributed by atoms with Crippen molar-refractivity contribution in [3.63, 3.8) is 0 Å². The number of methoxy groups -OCH3 is 1. The highest BCUT2D eigenvalue weighted by atomic mass is 32.2. The van der Waals surface area contributed by atoms with Crippen LogP contribution in [0, 0.1) is 0 Å². The van der Waals surface area contributed by atoms with Gasteiger partial charge >= 0.3 is 0 Å². The van der Waals surface area contributed by atoms with Crippen molar-refractivity contribution in [2.45, 2.75) is 16.3 Å². The number of alkyl halides is 1. The zero-order chi connectivity index (χ0) is 14.8. The van der Waals surface area contributed by atoms with Gasteiger partial charge in [0.2, 0.25) is 0 Å². The van der Waals surface area contributed by atoms with E-state index in [0.29, 0.717) is 17.0 Å². The Hall–Kier alpha value is -2.01. The number of anilines is 1. The van der Waals surface area contributed by atoms with Gasteiger partial charge in [-0.3, -0.25) is 4.79 Å². The molecule has 0 spiro atoms. The summed E-state index contributed by atoms with van der Waals surface area (Å²) in [5, 5.41) is 2.00. The molecule has 5 heteroatoms. The maximum Gasteiger partial charge on any atom is 0.260 e. The van der Waals surface area contributed by atoms with Gasteiger partial charge in [-0.15, -0.1) is 11.8 Å². The number of halogens is 1. The van der Waals surface area contributed by atoms with Crippen LogP contribution in [0.2, 0.25) is 0 Å². The number of hydrogen-bond donors (Lipinski definition) is 1. The van der Waals surface area contributed by atoms with Crippen molar-refractivity contribution in [3.05, 3.63) is 54.1 Å². The summed E-state index contributed by atoms with van der Waals surface area (Å²) in [7, 11) is 1.54. The summed E-state index contributed by atoms with van der Waals surface area (Å²) in [6, 6.07) is 14.6. The Morgan fingerprint density at radius 2 is 1.86 bits per heavy atom. The van der Waals surface area contributed by atoms with E-state index in [1.807, 2.05) is 30.3 Å². The molecule has 0 saturated carbocycles. The highest BCUT2D eigenvalue weighted by Gasteiger charge is 2.35. The number of carbonyl (C=O) groups is 1. The molecule has 1 amide bonds. The van der Waals surface area contributed by atoms with Crippen molar-refractivity contribution in [2.75, 3.05) is 12.4 Å². The third kappa shape index (κ3) is 2.61. The quantitative estimate of drug-likeness (QED) is 0.916.